The highest BCUT2D eigenvalue weighted by Crippen LogP contribution is 2.21. The first kappa shape index (κ1) is 20.0. The second kappa shape index (κ2) is 8.93. The number of nitrogens with one attached hydrogen (secondary N) is 1. The van der Waals surface area contributed by atoms with Gasteiger partial charge in [-0.15, -0.1) is 0 Å². The van der Waals surface area contributed by atoms with Crippen LogP contribution in [-0.4, -0.2) is 22.4 Å². The van der Waals surface area contributed by atoms with Crippen molar-refractivity contribution < 1.29 is 9.53 Å². The van der Waals surface area contributed by atoms with E-state index in [1.54, 1.807) is 17.9 Å². The van der Waals surface area contributed by atoms with Gasteiger partial charge in [0.25, 0.3) is 5.56 Å². The number of aromatic amines is 1. The summed E-state index contributed by atoms with van der Waals surface area (Å²) in [6.45, 7) is 4.86. The molecule has 0 spiro atoms. The second-order valence-corrected chi connectivity index (χ2v) is 6.91. The van der Waals surface area contributed by atoms with Crippen LogP contribution in [0.25, 0.3) is 10.9 Å². The molecule has 0 radical (unpaired) electrons. The predicted octanol–water partition coefficient (Wildman–Crippen LogP) is 4.52. The van der Waals surface area contributed by atoms with Gasteiger partial charge < -0.3 is 14.6 Å². The zero-order chi connectivity index (χ0) is 20.1. The second-order valence-electron chi connectivity index (χ2n) is 6.50. The van der Waals surface area contributed by atoms with Crippen LogP contribution >= 0.6 is 11.6 Å². The Hall–Kier alpha value is -2.79. The van der Waals surface area contributed by atoms with Crippen LogP contribution < -0.4 is 10.3 Å². The van der Waals surface area contributed by atoms with Crippen molar-refractivity contribution in [2.75, 3.05) is 6.61 Å². The number of amides is 1. The van der Waals surface area contributed by atoms with Gasteiger partial charge >= 0.3 is 0 Å². The lowest BCUT2D eigenvalue weighted by molar-refractivity contribution is -0.132. The Balaban J connectivity index is 1.94. The Morgan fingerprint density at radius 3 is 2.54 bits per heavy atom. The van der Waals surface area contributed by atoms with Gasteiger partial charge in [-0.2, -0.15) is 0 Å². The minimum absolute atomic E-state index is 0.0394. The molecule has 0 unspecified atom stereocenters. The zero-order valence-corrected chi connectivity index (χ0v) is 16.8. The Morgan fingerprint density at radius 1 is 1.07 bits per heavy atom. The van der Waals surface area contributed by atoms with Gasteiger partial charge in [0.05, 0.1) is 13.2 Å². The number of ether oxygens (including phenoxy) is 1. The number of aromatic nitrogens is 1. The molecular formula is C22H23ClN2O3. The molecule has 1 aromatic heterocycles. The summed E-state index contributed by atoms with van der Waals surface area (Å²) in [5.74, 6) is 0.702. The molecule has 0 aliphatic carbocycles. The van der Waals surface area contributed by atoms with Gasteiger partial charge in [-0.25, -0.2) is 0 Å². The first-order valence-corrected chi connectivity index (χ1v) is 9.69. The van der Waals surface area contributed by atoms with E-state index in [4.69, 9.17) is 16.3 Å². The summed E-state index contributed by atoms with van der Waals surface area (Å²) in [6.07, 6.45) is 0.352. The third-order valence-electron chi connectivity index (χ3n) is 4.54. The summed E-state index contributed by atoms with van der Waals surface area (Å²) in [7, 11) is 0. The number of fused-ring (bicyclic) bond motifs is 1. The largest absolute Gasteiger partial charge is 0.494 e. The van der Waals surface area contributed by atoms with Crippen molar-refractivity contribution in [1.82, 2.24) is 9.88 Å². The smallest absolute Gasteiger partial charge is 0.253 e. The molecular weight excluding hydrogens is 376 g/mol. The summed E-state index contributed by atoms with van der Waals surface area (Å²) in [5, 5.41) is 1.47. The molecule has 0 saturated carbocycles. The molecule has 6 heteroatoms. The van der Waals surface area contributed by atoms with Crippen LogP contribution in [0.3, 0.4) is 0 Å². The van der Waals surface area contributed by atoms with Gasteiger partial charge in [-0.05, 0) is 42.8 Å². The van der Waals surface area contributed by atoms with Crippen molar-refractivity contribution in [3.8, 4) is 5.75 Å². The fourth-order valence-electron chi connectivity index (χ4n) is 3.10. The van der Waals surface area contributed by atoms with Crippen LogP contribution in [0.2, 0.25) is 5.02 Å². The van der Waals surface area contributed by atoms with Crippen molar-refractivity contribution >= 4 is 28.4 Å². The highest BCUT2D eigenvalue weighted by Gasteiger charge is 2.16. The number of halogens is 1. The van der Waals surface area contributed by atoms with Gasteiger partial charge in [-0.3, -0.25) is 9.59 Å². The SMILES string of the molecule is CCOc1ccc2[nH]c(=O)c(CN(Cc3ccccc3Cl)C(=O)CC)cc2c1. The lowest BCUT2D eigenvalue weighted by Gasteiger charge is -2.23. The molecule has 0 aliphatic rings. The average molecular weight is 399 g/mol. The number of benzene rings is 2. The number of carbonyl (C=O) groups excluding carboxylic acids is 1. The molecule has 3 aromatic rings. The molecule has 1 heterocycles. The number of nitrogens with zero attached hydrogens (tertiary/aromatic N) is 1. The molecule has 1 N–H and O–H groups in total. The van der Waals surface area contributed by atoms with Crippen LogP contribution in [-0.2, 0) is 17.9 Å². The maximum atomic E-state index is 12.6. The summed E-state index contributed by atoms with van der Waals surface area (Å²) >= 11 is 6.26. The highest BCUT2D eigenvalue weighted by atomic mass is 35.5. The van der Waals surface area contributed by atoms with E-state index in [2.05, 4.69) is 4.98 Å². The van der Waals surface area contributed by atoms with E-state index in [9.17, 15) is 9.59 Å². The first-order chi connectivity index (χ1) is 13.5. The topological polar surface area (TPSA) is 62.4 Å². The highest BCUT2D eigenvalue weighted by molar-refractivity contribution is 6.31. The van der Waals surface area contributed by atoms with Crippen molar-refractivity contribution in [3.63, 3.8) is 0 Å². The Bertz CT molecular complexity index is 1050. The molecule has 0 bridgehead atoms. The predicted molar refractivity (Wildman–Crippen MR) is 112 cm³/mol. The summed E-state index contributed by atoms with van der Waals surface area (Å²) in [5.41, 5.74) is 1.90. The van der Waals surface area contributed by atoms with Crippen LogP contribution in [0.15, 0.2) is 53.3 Å². The molecule has 28 heavy (non-hydrogen) atoms. The fraction of sp³-hybridized carbons (Fsp3) is 0.273. The zero-order valence-electron chi connectivity index (χ0n) is 16.0. The van der Waals surface area contributed by atoms with Gasteiger partial charge in [0.1, 0.15) is 5.75 Å². The standard InChI is InChI=1S/C22H23ClN2O3/c1-3-21(26)25(13-15-7-5-6-8-19(15)23)14-17-11-16-12-18(28-4-2)9-10-20(16)24-22(17)27/h5-12H,3-4,13-14H2,1-2H3,(H,24,27). The van der Waals surface area contributed by atoms with Crippen LogP contribution in [0.5, 0.6) is 5.75 Å². The molecule has 0 saturated heterocycles. The van der Waals surface area contributed by atoms with E-state index in [0.717, 1.165) is 22.2 Å². The molecule has 0 fully saturated rings. The van der Waals surface area contributed by atoms with E-state index >= 15 is 0 Å². The normalized spacial score (nSPS) is 10.8. The van der Waals surface area contributed by atoms with Crippen molar-refractivity contribution in [3.05, 3.63) is 75.0 Å². The number of hydrogen-bond donors (Lipinski definition) is 1. The number of hydrogen-bond acceptors (Lipinski definition) is 3. The molecule has 2 aromatic carbocycles. The lowest BCUT2D eigenvalue weighted by atomic mass is 10.1. The molecule has 5 nitrogen and oxygen atoms in total. The van der Waals surface area contributed by atoms with Crippen molar-refractivity contribution in [1.29, 1.82) is 0 Å². The average Bonchev–Trinajstić information content (AvgIpc) is 2.69. The fourth-order valence-corrected chi connectivity index (χ4v) is 3.29. The van der Waals surface area contributed by atoms with Gasteiger partial charge in [0.2, 0.25) is 5.91 Å². The minimum atomic E-state index is -0.204. The number of pyridine rings is 1. The Labute approximate surface area is 168 Å². The van der Waals surface area contributed by atoms with E-state index in [1.165, 1.54) is 0 Å². The molecule has 146 valence electrons. The van der Waals surface area contributed by atoms with Crippen molar-refractivity contribution in [2.45, 2.75) is 33.4 Å². The first-order valence-electron chi connectivity index (χ1n) is 9.31. The van der Waals surface area contributed by atoms with E-state index in [-0.39, 0.29) is 18.0 Å². The van der Waals surface area contributed by atoms with E-state index < -0.39 is 0 Å². The monoisotopic (exact) mass is 398 g/mol. The van der Waals surface area contributed by atoms with Crippen LogP contribution in [0, 0.1) is 0 Å². The Kier molecular flexibility index (Phi) is 6.37. The third-order valence-corrected chi connectivity index (χ3v) is 4.91. The van der Waals surface area contributed by atoms with E-state index in [0.29, 0.717) is 30.2 Å². The van der Waals surface area contributed by atoms with Gasteiger partial charge in [0.15, 0.2) is 0 Å². The summed E-state index contributed by atoms with van der Waals surface area (Å²) in [6, 6.07) is 14.8. The molecule has 1 amide bonds. The van der Waals surface area contributed by atoms with Crippen LogP contribution in [0.1, 0.15) is 31.4 Å². The van der Waals surface area contributed by atoms with Gasteiger partial charge in [-0.1, -0.05) is 36.7 Å². The molecule has 0 atom stereocenters. The maximum Gasteiger partial charge on any atom is 0.253 e. The number of rotatable bonds is 7. The maximum absolute atomic E-state index is 12.6. The molecule has 0 aliphatic heterocycles. The quantitative estimate of drug-likeness (QED) is 0.636. The van der Waals surface area contributed by atoms with Gasteiger partial charge in [0, 0.05) is 34.5 Å². The van der Waals surface area contributed by atoms with E-state index in [1.807, 2.05) is 49.4 Å². The molecule has 3 rings (SSSR count). The third kappa shape index (κ3) is 4.54. The summed E-state index contributed by atoms with van der Waals surface area (Å²) < 4.78 is 5.54. The number of H-pyrrole nitrogens is 1. The van der Waals surface area contributed by atoms with Crippen LogP contribution in [0.4, 0.5) is 0 Å². The Morgan fingerprint density at radius 2 is 1.82 bits per heavy atom. The minimum Gasteiger partial charge on any atom is -0.494 e. The lowest BCUT2D eigenvalue weighted by Crippen LogP contribution is -2.32. The summed E-state index contributed by atoms with van der Waals surface area (Å²) in [4.78, 5) is 29.6. The number of carbonyl (C=O) groups is 1. The van der Waals surface area contributed by atoms with Crippen molar-refractivity contribution in [2.24, 2.45) is 0 Å².